The van der Waals surface area contributed by atoms with Crippen molar-refractivity contribution in [1.82, 2.24) is 10.3 Å². The molecular formula is C24H19F3N2O2. The van der Waals surface area contributed by atoms with Gasteiger partial charge in [0.25, 0.3) is 5.91 Å². The van der Waals surface area contributed by atoms with E-state index >= 15 is 0 Å². The Kier molecular flexibility index (Phi) is 5.77. The summed E-state index contributed by atoms with van der Waals surface area (Å²) in [5, 5.41) is 13.0. The highest BCUT2D eigenvalue weighted by Crippen LogP contribution is 2.28. The van der Waals surface area contributed by atoms with E-state index in [9.17, 15) is 23.1 Å². The van der Waals surface area contributed by atoms with Crippen LogP contribution in [0.25, 0.3) is 22.0 Å². The third-order valence-corrected chi connectivity index (χ3v) is 5.17. The van der Waals surface area contributed by atoms with Crippen molar-refractivity contribution < 1.29 is 23.1 Å². The Labute approximate surface area is 176 Å². The Balaban J connectivity index is 1.59. The summed E-state index contributed by atoms with van der Waals surface area (Å²) in [6.45, 7) is -0.459. The SMILES string of the molecule is O=C(N[C@@H](CO)Cc1c[nH]c2ccccc12)c1c(F)cc(-c2ccccc2)c(F)c1F. The van der Waals surface area contributed by atoms with E-state index in [2.05, 4.69) is 10.3 Å². The molecule has 1 aromatic heterocycles. The van der Waals surface area contributed by atoms with Crippen LogP contribution >= 0.6 is 0 Å². The fourth-order valence-corrected chi connectivity index (χ4v) is 3.62. The molecule has 3 aromatic carbocycles. The number of aliphatic hydroxyl groups excluding tert-OH is 1. The summed E-state index contributed by atoms with van der Waals surface area (Å²) in [6, 6.07) is 15.4. The van der Waals surface area contributed by atoms with E-state index in [4.69, 9.17) is 0 Å². The average Bonchev–Trinajstić information content (AvgIpc) is 3.19. The first-order chi connectivity index (χ1) is 15.0. The summed E-state index contributed by atoms with van der Waals surface area (Å²) >= 11 is 0. The molecule has 0 bridgehead atoms. The highest BCUT2D eigenvalue weighted by molar-refractivity contribution is 5.95. The van der Waals surface area contributed by atoms with Crippen LogP contribution in [0.3, 0.4) is 0 Å². The van der Waals surface area contributed by atoms with Crippen LogP contribution in [-0.2, 0) is 6.42 Å². The summed E-state index contributed by atoms with van der Waals surface area (Å²) in [7, 11) is 0. The number of aromatic nitrogens is 1. The van der Waals surface area contributed by atoms with Crippen LogP contribution in [0.5, 0.6) is 0 Å². The number of hydrogen-bond donors (Lipinski definition) is 3. The molecule has 0 fully saturated rings. The number of nitrogens with one attached hydrogen (secondary N) is 2. The highest BCUT2D eigenvalue weighted by atomic mass is 19.2. The number of hydrogen-bond acceptors (Lipinski definition) is 2. The Morgan fingerprint density at radius 3 is 2.45 bits per heavy atom. The molecule has 0 radical (unpaired) electrons. The first-order valence-electron chi connectivity index (χ1n) is 9.69. The van der Waals surface area contributed by atoms with Crippen LogP contribution in [0.15, 0.2) is 66.9 Å². The summed E-state index contributed by atoms with van der Waals surface area (Å²) in [4.78, 5) is 15.7. The maximum atomic E-state index is 14.7. The number of halogens is 3. The number of carbonyl (C=O) groups is 1. The fraction of sp³-hybridized carbons (Fsp3) is 0.125. The summed E-state index contributed by atoms with van der Waals surface area (Å²) in [5.74, 6) is -5.19. The van der Waals surface area contributed by atoms with Crippen molar-refractivity contribution in [3.05, 3.63) is 95.4 Å². The lowest BCUT2D eigenvalue weighted by Gasteiger charge is -2.17. The molecule has 0 saturated heterocycles. The minimum atomic E-state index is -1.57. The fourth-order valence-electron chi connectivity index (χ4n) is 3.62. The maximum absolute atomic E-state index is 14.7. The molecule has 158 valence electrons. The molecule has 0 saturated carbocycles. The first-order valence-corrected chi connectivity index (χ1v) is 9.69. The molecule has 0 aliphatic heterocycles. The lowest BCUT2D eigenvalue weighted by Crippen LogP contribution is -2.40. The summed E-state index contributed by atoms with van der Waals surface area (Å²) in [5.41, 5.74) is 0.703. The van der Waals surface area contributed by atoms with E-state index in [1.54, 1.807) is 24.4 Å². The van der Waals surface area contributed by atoms with Gasteiger partial charge in [0.05, 0.1) is 12.6 Å². The number of aromatic amines is 1. The normalized spacial score (nSPS) is 12.1. The second-order valence-electron chi connectivity index (χ2n) is 7.19. The molecular weight excluding hydrogens is 405 g/mol. The van der Waals surface area contributed by atoms with Gasteiger partial charge in [0.1, 0.15) is 11.4 Å². The third kappa shape index (κ3) is 4.04. The number of H-pyrrole nitrogens is 1. The number of amides is 1. The molecule has 1 heterocycles. The molecule has 7 heteroatoms. The molecule has 4 nitrogen and oxygen atoms in total. The van der Waals surface area contributed by atoms with E-state index in [-0.39, 0.29) is 17.5 Å². The van der Waals surface area contributed by atoms with Gasteiger partial charge in [-0.1, -0.05) is 48.5 Å². The van der Waals surface area contributed by atoms with Crippen LogP contribution in [-0.4, -0.2) is 28.6 Å². The molecule has 0 aliphatic carbocycles. The van der Waals surface area contributed by atoms with Crippen LogP contribution in [0.1, 0.15) is 15.9 Å². The average molecular weight is 424 g/mol. The first kappa shape index (κ1) is 20.7. The number of carbonyl (C=O) groups excluding carboxylic acids is 1. The lowest BCUT2D eigenvalue weighted by atomic mass is 10.0. The standard InChI is InChI=1S/C24H19F3N2O2/c25-19-11-18(14-6-2-1-3-7-14)22(26)23(27)21(19)24(31)29-16(13-30)10-15-12-28-20-9-5-4-8-17(15)20/h1-9,11-12,16,28,30H,10,13H2,(H,29,31)/t16-/m1/s1. The van der Waals surface area contributed by atoms with Gasteiger partial charge in [-0.2, -0.15) is 0 Å². The molecule has 4 rings (SSSR count). The zero-order valence-electron chi connectivity index (χ0n) is 16.3. The van der Waals surface area contributed by atoms with Gasteiger partial charge >= 0.3 is 0 Å². The Bertz CT molecular complexity index is 1240. The van der Waals surface area contributed by atoms with Gasteiger partial charge in [0.15, 0.2) is 11.6 Å². The van der Waals surface area contributed by atoms with Crippen molar-refractivity contribution in [2.75, 3.05) is 6.61 Å². The number of rotatable bonds is 6. The predicted octanol–water partition coefficient (Wildman–Crippen LogP) is 4.59. The van der Waals surface area contributed by atoms with E-state index in [1.165, 1.54) is 12.1 Å². The van der Waals surface area contributed by atoms with Gasteiger partial charge < -0.3 is 15.4 Å². The molecule has 0 aliphatic rings. The van der Waals surface area contributed by atoms with Crippen LogP contribution < -0.4 is 5.32 Å². The molecule has 1 atom stereocenters. The van der Waals surface area contributed by atoms with Crippen molar-refractivity contribution in [2.24, 2.45) is 0 Å². The lowest BCUT2D eigenvalue weighted by molar-refractivity contribution is 0.0907. The summed E-state index contributed by atoms with van der Waals surface area (Å²) < 4.78 is 43.9. The Hall–Kier alpha value is -3.58. The Morgan fingerprint density at radius 1 is 1.00 bits per heavy atom. The topological polar surface area (TPSA) is 65.1 Å². The quantitative estimate of drug-likeness (QED) is 0.397. The van der Waals surface area contributed by atoms with Crippen molar-refractivity contribution >= 4 is 16.8 Å². The summed E-state index contributed by atoms with van der Waals surface area (Å²) in [6.07, 6.45) is 1.97. The molecule has 1 amide bonds. The van der Waals surface area contributed by atoms with Crippen LogP contribution in [0.4, 0.5) is 13.2 Å². The number of benzene rings is 3. The zero-order valence-corrected chi connectivity index (χ0v) is 16.3. The molecule has 31 heavy (non-hydrogen) atoms. The van der Waals surface area contributed by atoms with E-state index in [1.807, 2.05) is 24.3 Å². The highest BCUT2D eigenvalue weighted by Gasteiger charge is 2.26. The molecule has 0 unspecified atom stereocenters. The molecule has 0 spiro atoms. The van der Waals surface area contributed by atoms with Crippen molar-refractivity contribution in [3.8, 4) is 11.1 Å². The molecule has 3 N–H and O–H groups in total. The number of para-hydroxylation sites is 1. The minimum Gasteiger partial charge on any atom is -0.394 e. The van der Waals surface area contributed by atoms with Crippen LogP contribution in [0.2, 0.25) is 0 Å². The molecule has 4 aromatic rings. The number of aliphatic hydroxyl groups is 1. The van der Waals surface area contributed by atoms with Gasteiger partial charge in [0.2, 0.25) is 0 Å². The van der Waals surface area contributed by atoms with E-state index in [0.717, 1.165) is 22.5 Å². The predicted molar refractivity (Wildman–Crippen MR) is 112 cm³/mol. The van der Waals surface area contributed by atoms with E-state index < -0.39 is 41.6 Å². The third-order valence-electron chi connectivity index (χ3n) is 5.17. The Morgan fingerprint density at radius 2 is 1.71 bits per heavy atom. The van der Waals surface area contributed by atoms with Gasteiger partial charge in [-0.25, -0.2) is 13.2 Å². The van der Waals surface area contributed by atoms with Crippen molar-refractivity contribution in [3.63, 3.8) is 0 Å². The van der Waals surface area contributed by atoms with Crippen LogP contribution in [0, 0.1) is 17.5 Å². The van der Waals surface area contributed by atoms with Gasteiger partial charge in [-0.05, 0) is 29.7 Å². The zero-order chi connectivity index (χ0) is 22.0. The second kappa shape index (κ2) is 8.65. The minimum absolute atomic E-state index is 0.222. The number of fused-ring (bicyclic) bond motifs is 1. The van der Waals surface area contributed by atoms with Gasteiger partial charge in [-0.3, -0.25) is 4.79 Å². The largest absolute Gasteiger partial charge is 0.394 e. The van der Waals surface area contributed by atoms with Gasteiger partial charge in [-0.15, -0.1) is 0 Å². The smallest absolute Gasteiger partial charge is 0.257 e. The maximum Gasteiger partial charge on any atom is 0.257 e. The van der Waals surface area contributed by atoms with Crippen molar-refractivity contribution in [2.45, 2.75) is 12.5 Å². The van der Waals surface area contributed by atoms with Crippen molar-refractivity contribution in [1.29, 1.82) is 0 Å². The monoisotopic (exact) mass is 424 g/mol. The van der Waals surface area contributed by atoms with Gasteiger partial charge in [0, 0.05) is 22.7 Å². The second-order valence-corrected chi connectivity index (χ2v) is 7.19. The van der Waals surface area contributed by atoms with E-state index in [0.29, 0.717) is 0 Å².